The van der Waals surface area contributed by atoms with Crippen LogP contribution in [0.3, 0.4) is 0 Å². The van der Waals surface area contributed by atoms with Gasteiger partial charge in [0.25, 0.3) is 5.91 Å². The predicted octanol–water partition coefficient (Wildman–Crippen LogP) is 1.46. The number of nitrogens with one attached hydrogen (secondary N) is 1. The SMILES string of the molecule is CCOC(=O)Cc1csc(NC(=O)[C@H](c2ccccc2)n2cnnn2)n1. The number of anilines is 1. The molecular formula is C16H16N6O3S. The number of carbonyl (C=O) groups is 2. The number of nitrogens with zero attached hydrogens (tertiary/aromatic N) is 5. The Labute approximate surface area is 153 Å². The van der Waals surface area contributed by atoms with Crippen molar-refractivity contribution < 1.29 is 14.3 Å². The molecule has 0 saturated heterocycles. The Hall–Kier alpha value is -3.14. The predicted molar refractivity (Wildman–Crippen MR) is 93.5 cm³/mol. The minimum absolute atomic E-state index is 0.0648. The highest BCUT2D eigenvalue weighted by Gasteiger charge is 2.24. The van der Waals surface area contributed by atoms with Crippen LogP contribution in [0, 0.1) is 0 Å². The van der Waals surface area contributed by atoms with Crippen LogP contribution in [-0.2, 0) is 20.7 Å². The molecule has 0 spiro atoms. The zero-order valence-electron chi connectivity index (χ0n) is 13.9. The van der Waals surface area contributed by atoms with Gasteiger partial charge in [0.15, 0.2) is 11.2 Å². The highest BCUT2D eigenvalue weighted by atomic mass is 32.1. The van der Waals surface area contributed by atoms with Gasteiger partial charge in [0.2, 0.25) is 0 Å². The van der Waals surface area contributed by atoms with Crippen molar-refractivity contribution in [2.24, 2.45) is 0 Å². The van der Waals surface area contributed by atoms with E-state index in [1.807, 2.05) is 30.3 Å². The van der Waals surface area contributed by atoms with Gasteiger partial charge in [-0.1, -0.05) is 30.3 Å². The van der Waals surface area contributed by atoms with Crippen molar-refractivity contribution in [1.29, 1.82) is 0 Å². The molecule has 9 nitrogen and oxygen atoms in total. The van der Waals surface area contributed by atoms with Gasteiger partial charge in [-0.25, -0.2) is 9.67 Å². The van der Waals surface area contributed by atoms with E-state index in [-0.39, 0.29) is 18.3 Å². The van der Waals surface area contributed by atoms with Crippen molar-refractivity contribution in [2.45, 2.75) is 19.4 Å². The number of carbonyl (C=O) groups excluding carboxylic acids is 2. The normalized spacial score (nSPS) is 11.7. The molecule has 10 heteroatoms. The summed E-state index contributed by atoms with van der Waals surface area (Å²) in [5, 5.41) is 15.9. The van der Waals surface area contributed by atoms with Crippen molar-refractivity contribution in [3.05, 3.63) is 53.3 Å². The fourth-order valence-electron chi connectivity index (χ4n) is 2.33. The summed E-state index contributed by atoms with van der Waals surface area (Å²) in [6.07, 6.45) is 1.45. The summed E-state index contributed by atoms with van der Waals surface area (Å²) in [7, 11) is 0. The lowest BCUT2D eigenvalue weighted by molar-refractivity contribution is -0.142. The van der Waals surface area contributed by atoms with E-state index < -0.39 is 6.04 Å². The molecule has 2 aromatic heterocycles. The number of hydrogen-bond acceptors (Lipinski definition) is 8. The molecule has 2 heterocycles. The second-order valence-electron chi connectivity index (χ2n) is 5.22. The Morgan fingerprint density at radius 2 is 2.12 bits per heavy atom. The Bertz CT molecular complexity index is 865. The molecule has 0 unspecified atom stereocenters. The third kappa shape index (κ3) is 4.28. The minimum atomic E-state index is -0.733. The third-order valence-electron chi connectivity index (χ3n) is 3.41. The van der Waals surface area contributed by atoms with Crippen molar-refractivity contribution >= 4 is 28.3 Å². The Morgan fingerprint density at radius 1 is 1.31 bits per heavy atom. The minimum Gasteiger partial charge on any atom is -0.466 e. The van der Waals surface area contributed by atoms with Crippen LogP contribution in [0.2, 0.25) is 0 Å². The smallest absolute Gasteiger partial charge is 0.311 e. The fraction of sp³-hybridized carbons (Fsp3) is 0.250. The number of amides is 1. The summed E-state index contributed by atoms with van der Waals surface area (Å²) in [4.78, 5) is 28.6. The lowest BCUT2D eigenvalue weighted by atomic mass is 10.1. The molecule has 1 atom stereocenters. The maximum absolute atomic E-state index is 12.8. The van der Waals surface area contributed by atoms with E-state index in [0.717, 1.165) is 5.56 Å². The number of thiazole rings is 1. The molecular weight excluding hydrogens is 356 g/mol. The van der Waals surface area contributed by atoms with Gasteiger partial charge in [0.05, 0.1) is 18.7 Å². The molecule has 0 aliphatic carbocycles. The zero-order valence-corrected chi connectivity index (χ0v) is 14.7. The van der Waals surface area contributed by atoms with Crippen molar-refractivity contribution in [1.82, 2.24) is 25.2 Å². The number of hydrogen-bond donors (Lipinski definition) is 1. The van der Waals surface area contributed by atoms with E-state index in [2.05, 4.69) is 25.8 Å². The third-order valence-corrected chi connectivity index (χ3v) is 4.21. The second-order valence-corrected chi connectivity index (χ2v) is 6.08. The van der Waals surface area contributed by atoms with Crippen molar-refractivity contribution in [3.63, 3.8) is 0 Å². The number of rotatable bonds is 7. The van der Waals surface area contributed by atoms with Gasteiger partial charge in [0, 0.05) is 5.38 Å². The van der Waals surface area contributed by atoms with Crippen LogP contribution in [0.1, 0.15) is 24.2 Å². The number of ether oxygens (including phenoxy) is 1. The Balaban J connectivity index is 1.75. The number of benzene rings is 1. The van der Waals surface area contributed by atoms with E-state index in [9.17, 15) is 9.59 Å². The summed E-state index contributed by atoms with van der Waals surface area (Å²) in [6, 6.07) is 8.44. The molecule has 1 aromatic carbocycles. The summed E-state index contributed by atoms with van der Waals surface area (Å²) in [5.41, 5.74) is 1.28. The lowest BCUT2D eigenvalue weighted by Crippen LogP contribution is -2.27. The van der Waals surface area contributed by atoms with Crippen LogP contribution < -0.4 is 5.32 Å². The van der Waals surface area contributed by atoms with Crippen LogP contribution in [-0.4, -0.2) is 43.7 Å². The molecule has 1 N–H and O–H groups in total. The van der Waals surface area contributed by atoms with Crippen LogP contribution in [0.15, 0.2) is 42.0 Å². The number of esters is 1. The molecule has 26 heavy (non-hydrogen) atoms. The average molecular weight is 372 g/mol. The standard InChI is InChI=1S/C16H16N6O3S/c1-2-25-13(23)8-12-9-26-16(18-12)19-15(24)14(22-10-17-20-21-22)11-6-4-3-5-7-11/h3-7,9-10,14H,2,8H2,1H3,(H,18,19,24)/t14-/m0/s1. The topological polar surface area (TPSA) is 112 Å². The quantitative estimate of drug-likeness (QED) is 0.625. The fourth-order valence-corrected chi connectivity index (χ4v) is 3.04. The van der Waals surface area contributed by atoms with Gasteiger partial charge < -0.3 is 4.74 Å². The van der Waals surface area contributed by atoms with E-state index >= 15 is 0 Å². The monoisotopic (exact) mass is 372 g/mol. The molecule has 0 bridgehead atoms. The molecule has 134 valence electrons. The van der Waals surface area contributed by atoms with E-state index in [0.29, 0.717) is 17.4 Å². The highest BCUT2D eigenvalue weighted by Crippen LogP contribution is 2.21. The highest BCUT2D eigenvalue weighted by molar-refractivity contribution is 7.13. The molecule has 0 radical (unpaired) electrons. The maximum atomic E-state index is 12.8. The average Bonchev–Trinajstić information content (AvgIpc) is 3.29. The summed E-state index contributed by atoms with van der Waals surface area (Å²) < 4.78 is 6.27. The van der Waals surface area contributed by atoms with E-state index in [1.54, 1.807) is 12.3 Å². The number of tetrazole rings is 1. The van der Waals surface area contributed by atoms with Crippen LogP contribution in [0.5, 0.6) is 0 Å². The Kier molecular flexibility index (Phi) is 5.64. The van der Waals surface area contributed by atoms with Gasteiger partial charge in [-0.15, -0.1) is 16.4 Å². The van der Waals surface area contributed by atoms with Gasteiger partial charge in [0.1, 0.15) is 6.33 Å². The van der Waals surface area contributed by atoms with Crippen molar-refractivity contribution in [2.75, 3.05) is 11.9 Å². The number of aromatic nitrogens is 5. The summed E-state index contributed by atoms with van der Waals surface area (Å²) >= 11 is 1.24. The largest absolute Gasteiger partial charge is 0.466 e. The first-order valence-corrected chi connectivity index (χ1v) is 8.73. The first-order valence-electron chi connectivity index (χ1n) is 7.85. The zero-order chi connectivity index (χ0) is 18.4. The van der Waals surface area contributed by atoms with Gasteiger partial charge in [-0.05, 0) is 22.9 Å². The summed E-state index contributed by atoms with van der Waals surface area (Å²) in [6.45, 7) is 2.06. The second kappa shape index (κ2) is 8.30. The van der Waals surface area contributed by atoms with E-state index in [4.69, 9.17) is 4.74 Å². The lowest BCUT2D eigenvalue weighted by Gasteiger charge is -2.15. The first-order chi connectivity index (χ1) is 12.7. The molecule has 3 aromatic rings. The van der Waals surface area contributed by atoms with Crippen molar-refractivity contribution in [3.8, 4) is 0 Å². The molecule has 1 amide bonds. The molecule has 3 rings (SSSR count). The van der Waals surface area contributed by atoms with Crippen LogP contribution in [0.25, 0.3) is 0 Å². The molecule has 0 aliphatic rings. The van der Waals surface area contributed by atoms with E-state index in [1.165, 1.54) is 22.3 Å². The molecule has 0 fully saturated rings. The van der Waals surface area contributed by atoms with Gasteiger partial charge in [-0.2, -0.15) is 0 Å². The van der Waals surface area contributed by atoms with Gasteiger partial charge in [-0.3, -0.25) is 14.9 Å². The van der Waals surface area contributed by atoms with Gasteiger partial charge >= 0.3 is 5.97 Å². The molecule has 0 aliphatic heterocycles. The van der Waals surface area contributed by atoms with Crippen LogP contribution >= 0.6 is 11.3 Å². The van der Waals surface area contributed by atoms with Crippen LogP contribution in [0.4, 0.5) is 5.13 Å². The first kappa shape index (κ1) is 17.7. The maximum Gasteiger partial charge on any atom is 0.311 e. The molecule has 0 saturated carbocycles. The summed E-state index contributed by atoms with van der Waals surface area (Å²) in [5.74, 6) is -0.688. The Morgan fingerprint density at radius 3 is 2.81 bits per heavy atom.